The maximum atomic E-state index is 12.0. The van der Waals surface area contributed by atoms with Gasteiger partial charge in [-0.2, -0.15) is 0 Å². The molecule has 2 aliphatic rings. The molecule has 0 saturated carbocycles. The van der Waals surface area contributed by atoms with Gasteiger partial charge in [-0.05, 0) is 45.0 Å². The third-order valence-corrected chi connectivity index (χ3v) is 6.02. The van der Waals surface area contributed by atoms with E-state index in [1.165, 1.54) is 9.75 Å². The lowest BCUT2D eigenvalue weighted by atomic mass is 9.71. The van der Waals surface area contributed by atoms with E-state index in [-0.39, 0.29) is 17.2 Å². The molecule has 21 heavy (non-hydrogen) atoms. The predicted octanol–water partition coefficient (Wildman–Crippen LogP) is 2.03. The molecule has 0 bridgehead atoms. The van der Waals surface area contributed by atoms with Gasteiger partial charge in [0, 0.05) is 35.4 Å². The summed E-state index contributed by atoms with van der Waals surface area (Å²) in [5.41, 5.74) is 0.120. The van der Waals surface area contributed by atoms with E-state index in [0.717, 1.165) is 39.0 Å². The maximum absolute atomic E-state index is 12.0. The number of hydrogen-bond acceptors (Lipinski definition) is 4. The topological polar surface area (TPSA) is 41.6 Å². The molecule has 4 nitrogen and oxygen atoms in total. The summed E-state index contributed by atoms with van der Waals surface area (Å²) in [4.78, 5) is 17.3. The van der Waals surface area contributed by atoms with Gasteiger partial charge in [0.2, 0.25) is 5.91 Å². The van der Waals surface area contributed by atoms with E-state index in [9.17, 15) is 4.79 Å². The van der Waals surface area contributed by atoms with Crippen molar-refractivity contribution in [1.82, 2.24) is 10.2 Å². The van der Waals surface area contributed by atoms with E-state index in [4.69, 9.17) is 4.74 Å². The maximum Gasteiger partial charge on any atom is 0.226 e. The van der Waals surface area contributed by atoms with E-state index in [0.29, 0.717) is 6.61 Å². The van der Waals surface area contributed by atoms with Crippen LogP contribution in [0, 0.1) is 18.3 Å². The first-order chi connectivity index (χ1) is 10.1. The first kappa shape index (κ1) is 15.0. The highest BCUT2D eigenvalue weighted by Gasteiger charge is 2.49. The van der Waals surface area contributed by atoms with Crippen LogP contribution in [0.25, 0.3) is 0 Å². The number of nitrogens with zero attached hydrogens (tertiary/aromatic N) is 1. The Morgan fingerprint density at radius 1 is 1.43 bits per heavy atom. The normalized spacial score (nSPS) is 25.4. The molecule has 3 heterocycles. The van der Waals surface area contributed by atoms with Crippen molar-refractivity contribution in [3.63, 3.8) is 0 Å². The molecular weight excluding hydrogens is 284 g/mol. The average molecular weight is 308 g/mol. The molecule has 2 aliphatic heterocycles. The fourth-order valence-corrected chi connectivity index (χ4v) is 4.61. The van der Waals surface area contributed by atoms with E-state index in [1.54, 1.807) is 7.11 Å². The summed E-state index contributed by atoms with van der Waals surface area (Å²) in [7, 11) is 1.69. The van der Waals surface area contributed by atoms with Crippen molar-refractivity contribution in [2.75, 3.05) is 33.4 Å². The average Bonchev–Trinajstić information content (AvgIpc) is 3.01. The minimum absolute atomic E-state index is 0.0358. The van der Waals surface area contributed by atoms with E-state index in [1.807, 2.05) is 11.3 Å². The van der Waals surface area contributed by atoms with Crippen LogP contribution in [0.2, 0.25) is 0 Å². The molecule has 0 radical (unpaired) electrons. The Balaban J connectivity index is 1.60. The minimum atomic E-state index is 0.0358. The monoisotopic (exact) mass is 308 g/mol. The second kappa shape index (κ2) is 6.07. The van der Waals surface area contributed by atoms with Gasteiger partial charge in [0.25, 0.3) is 0 Å². The van der Waals surface area contributed by atoms with Gasteiger partial charge in [-0.25, -0.2) is 0 Å². The highest BCUT2D eigenvalue weighted by atomic mass is 32.1. The number of rotatable bonds is 4. The van der Waals surface area contributed by atoms with E-state index in [2.05, 4.69) is 29.3 Å². The first-order valence-electron chi connectivity index (χ1n) is 7.67. The number of carbonyl (C=O) groups excluding carboxylic acids is 1. The van der Waals surface area contributed by atoms with Crippen LogP contribution >= 0.6 is 11.3 Å². The van der Waals surface area contributed by atoms with Gasteiger partial charge in [-0.3, -0.25) is 9.69 Å². The third kappa shape index (κ3) is 3.00. The number of hydrogen-bond donors (Lipinski definition) is 1. The number of methoxy groups -OCH3 is 1. The number of nitrogens with one attached hydrogen (secondary N) is 1. The van der Waals surface area contributed by atoms with Crippen LogP contribution in [0.1, 0.15) is 22.6 Å². The molecule has 3 rings (SSSR count). The number of piperidine rings is 1. The molecule has 1 atom stereocenters. The Hall–Kier alpha value is -0.910. The molecule has 0 aromatic carbocycles. The number of aryl methyl sites for hydroxylation is 1. The summed E-state index contributed by atoms with van der Waals surface area (Å²) in [6.07, 6.45) is 2.17. The van der Waals surface area contributed by atoms with E-state index < -0.39 is 0 Å². The molecule has 1 amide bonds. The van der Waals surface area contributed by atoms with Gasteiger partial charge in [0.1, 0.15) is 0 Å². The van der Waals surface area contributed by atoms with Crippen LogP contribution in [0.3, 0.4) is 0 Å². The number of amides is 1. The van der Waals surface area contributed by atoms with Crippen LogP contribution in [-0.4, -0.2) is 44.2 Å². The zero-order valence-electron chi connectivity index (χ0n) is 12.9. The van der Waals surface area contributed by atoms with Crippen molar-refractivity contribution in [1.29, 1.82) is 0 Å². The Morgan fingerprint density at radius 2 is 2.19 bits per heavy atom. The lowest BCUT2D eigenvalue weighted by molar-refractivity contribution is -0.126. The highest BCUT2D eigenvalue weighted by molar-refractivity contribution is 7.11. The molecule has 1 aromatic heterocycles. The lowest BCUT2D eigenvalue weighted by Crippen LogP contribution is -2.45. The SMILES string of the molecule is COCC1C(=O)NCC12CCN(Cc1ccc(C)s1)CC2. The molecule has 1 aromatic rings. The molecule has 116 valence electrons. The van der Waals surface area contributed by atoms with Gasteiger partial charge < -0.3 is 10.1 Å². The minimum Gasteiger partial charge on any atom is -0.384 e. The van der Waals surface area contributed by atoms with Crippen molar-refractivity contribution in [2.24, 2.45) is 11.3 Å². The van der Waals surface area contributed by atoms with Gasteiger partial charge in [-0.15, -0.1) is 11.3 Å². The smallest absolute Gasteiger partial charge is 0.226 e. The fraction of sp³-hybridized carbons (Fsp3) is 0.688. The lowest BCUT2D eigenvalue weighted by Gasteiger charge is -2.41. The second-order valence-electron chi connectivity index (χ2n) is 6.38. The summed E-state index contributed by atoms with van der Waals surface area (Å²) < 4.78 is 5.28. The largest absolute Gasteiger partial charge is 0.384 e. The summed E-state index contributed by atoms with van der Waals surface area (Å²) in [5.74, 6) is 0.216. The van der Waals surface area contributed by atoms with Crippen molar-refractivity contribution in [3.05, 3.63) is 21.9 Å². The zero-order chi connectivity index (χ0) is 14.9. The van der Waals surface area contributed by atoms with Crippen molar-refractivity contribution >= 4 is 17.2 Å². The Bertz CT molecular complexity index is 506. The summed E-state index contributed by atoms with van der Waals surface area (Å²) >= 11 is 1.89. The highest BCUT2D eigenvalue weighted by Crippen LogP contribution is 2.42. The number of thiophene rings is 1. The van der Waals surface area contributed by atoms with Gasteiger partial charge in [0.15, 0.2) is 0 Å². The van der Waals surface area contributed by atoms with Gasteiger partial charge in [-0.1, -0.05) is 0 Å². The van der Waals surface area contributed by atoms with Gasteiger partial charge >= 0.3 is 0 Å². The Kier molecular flexibility index (Phi) is 4.33. The zero-order valence-corrected chi connectivity index (χ0v) is 13.7. The molecule has 5 heteroatoms. The molecule has 0 aliphatic carbocycles. The Morgan fingerprint density at radius 3 is 2.81 bits per heavy atom. The number of likely N-dealkylation sites (tertiary alicyclic amines) is 1. The summed E-state index contributed by atoms with van der Waals surface area (Å²) in [6.45, 7) is 6.73. The van der Waals surface area contributed by atoms with E-state index >= 15 is 0 Å². The molecule has 2 saturated heterocycles. The Labute approximate surface area is 130 Å². The van der Waals surface area contributed by atoms with Gasteiger partial charge in [0.05, 0.1) is 12.5 Å². The number of ether oxygens (including phenoxy) is 1. The van der Waals surface area contributed by atoms with Crippen molar-refractivity contribution < 1.29 is 9.53 Å². The van der Waals surface area contributed by atoms with Crippen LogP contribution in [0.4, 0.5) is 0 Å². The standard InChI is InChI=1S/C16H24N2O2S/c1-12-3-4-13(21-12)9-18-7-5-16(6-8-18)11-17-15(19)14(16)10-20-2/h3-4,14H,5-11H2,1-2H3,(H,17,19). The molecule has 1 spiro atoms. The summed E-state index contributed by atoms with van der Waals surface area (Å²) in [6, 6.07) is 4.43. The molecule has 2 fully saturated rings. The van der Waals surface area contributed by atoms with Crippen LogP contribution < -0.4 is 5.32 Å². The van der Waals surface area contributed by atoms with Crippen molar-refractivity contribution in [2.45, 2.75) is 26.3 Å². The van der Waals surface area contributed by atoms with Crippen LogP contribution in [0.5, 0.6) is 0 Å². The van der Waals surface area contributed by atoms with Crippen molar-refractivity contribution in [3.8, 4) is 0 Å². The van der Waals surface area contributed by atoms with Crippen LogP contribution in [0.15, 0.2) is 12.1 Å². The number of carbonyl (C=O) groups is 1. The summed E-state index contributed by atoms with van der Waals surface area (Å²) in [5, 5.41) is 3.05. The molecule has 1 N–H and O–H groups in total. The molecular formula is C16H24N2O2S. The quantitative estimate of drug-likeness (QED) is 0.925. The fourth-order valence-electron chi connectivity index (χ4n) is 3.68. The third-order valence-electron chi connectivity index (χ3n) is 5.03. The first-order valence-corrected chi connectivity index (χ1v) is 8.49. The molecule has 1 unspecified atom stereocenters. The second-order valence-corrected chi connectivity index (χ2v) is 7.75. The van der Waals surface area contributed by atoms with Crippen LogP contribution in [-0.2, 0) is 16.1 Å². The predicted molar refractivity (Wildman–Crippen MR) is 84.4 cm³/mol.